The molecule has 3 nitrogen and oxygen atoms in total. The van der Waals surface area contributed by atoms with E-state index >= 15 is 0 Å². The van der Waals surface area contributed by atoms with Crippen LogP contribution in [0.3, 0.4) is 0 Å². The second kappa shape index (κ2) is 5.45. The number of hydrazine groups is 2. The molecule has 0 aromatic carbocycles. The van der Waals surface area contributed by atoms with Crippen LogP contribution in [0.1, 0.15) is 33.1 Å². The fourth-order valence-corrected chi connectivity index (χ4v) is 1.63. The molecule has 0 unspecified atom stereocenters. The van der Waals surface area contributed by atoms with Gasteiger partial charge in [-0.15, -0.1) is 0 Å². The maximum absolute atomic E-state index is 3.28. The molecule has 0 bridgehead atoms. The smallest absolute Gasteiger partial charge is 0.0260 e. The second-order valence-corrected chi connectivity index (χ2v) is 3.81. The predicted molar refractivity (Wildman–Crippen MR) is 53.9 cm³/mol. The van der Waals surface area contributed by atoms with Gasteiger partial charge in [0.1, 0.15) is 0 Å². The SMILES string of the molecule is CCCCNN1NC=C(CC)S1. The molecule has 4 heteroatoms. The minimum Gasteiger partial charge on any atom is -0.302 e. The molecule has 1 rings (SSSR count). The van der Waals surface area contributed by atoms with E-state index in [1.54, 1.807) is 11.9 Å². The van der Waals surface area contributed by atoms with Gasteiger partial charge in [-0.3, -0.25) is 0 Å². The first-order chi connectivity index (χ1) is 5.86. The van der Waals surface area contributed by atoms with Crippen LogP contribution in [0, 0.1) is 0 Å². The van der Waals surface area contributed by atoms with Gasteiger partial charge in [-0.2, -0.15) is 0 Å². The molecule has 0 aromatic rings. The number of allylic oxidation sites excluding steroid dienone is 1. The molecule has 0 radical (unpaired) electrons. The monoisotopic (exact) mass is 187 g/mol. The summed E-state index contributed by atoms with van der Waals surface area (Å²) in [4.78, 5) is 1.37. The Morgan fingerprint density at radius 1 is 1.58 bits per heavy atom. The van der Waals surface area contributed by atoms with E-state index in [0.717, 1.165) is 13.0 Å². The number of nitrogens with zero attached hydrogens (tertiary/aromatic N) is 1. The Labute approximate surface area is 78.7 Å². The molecule has 0 amide bonds. The molecule has 0 saturated heterocycles. The minimum atomic E-state index is 1.04. The largest absolute Gasteiger partial charge is 0.302 e. The van der Waals surface area contributed by atoms with Gasteiger partial charge in [0.2, 0.25) is 0 Å². The summed E-state index contributed by atoms with van der Waals surface area (Å²) in [5, 5.41) is 0. The minimum absolute atomic E-state index is 1.04. The molecule has 0 saturated carbocycles. The van der Waals surface area contributed by atoms with Gasteiger partial charge in [0.15, 0.2) is 0 Å². The Bertz CT molecular complexity index is 158. The summed E-state index contributed by atoms with van der Waals surface area (Å²) >= 11 is 1.73. The molecule has 0 aromatic heterocycles. The van der Waals surface area contributed by atoms with Crippen LogP contribution in [0.5, 0.6) is 0 Å². The lowest BCUT2D eigenvalue weighted by Crippen LogP contribution is -2.38. The van der Waals surface area contributed by atoms with Gasteiger partial charge in [-0.1, -0.05) is 24.8 Å². The number of hydrogen-bond donors (Lipinski definition) is 2. The van der Waals surface area contributed by atoms with Crippen molar-refractivity contribution in [2.75, 3.05) is 6.54 Å². The van der Waals surface area contributed by atoms with E-state index in [1.165, 1.54) is 17.7 Å². The van der Waals surface area contributed by atoms with E-state index in [0.29, 0.717) is 0 Å². The van der Waals surface area contributed by atoms with Crippen molar-refractivity contribution in [3.05, 3.63) is 11.1 Å². The van der Waals surface area contributed by atoms with Gasteiger partial charge in [-0.05, 0) is 24.8 Å². The zero-order chi connectivity index (χ0) is 8.81. The van der Waals surface area contributed by atoms with Crippen molar-refractivity contribution in [3.8, 4) is 0 Å². The van der Waals surface area contributed by atoms with Gasteiger partial charge in [0.05, 0.1) is 0 Å². The third kappa shape index (κ3) is 3.05. The highest BCUT2D eigenvalue weighted by atomic mass is 32.2. The average Bonchev–Trinajstić information content (AvgIpc) is 2.53. The summed E-state index contributed by atoms with van der Waals surface area (Å²) in [6.07, 6.45) is 5.60. The van der Waals surface area contributed by atoms with E-state index in [-0.39, 0.29) is 0 Å². The second-order valence-electron chi connectivity index (χ2n) is 2.74. The lowest BCUT2D eigenvalue weighted by atomic mass is 10.3. The molecule has 12 heavy (non-hydrogen) atoms. The van der Waals surface area contributed by atoms with Crippen molar-refractivity contribution in [1.29, 1.82) is 0 Å². The van der Waals surface area contributed by atoms with Crippen molar-refractivity contribution < 1.29 is 0 Å². The average molecular weight is 187 g/mol. The molecular weight excluding hydrogens is 170 g/mol. The summed E-state index contributed by atoms with van der Waals surface area (Å²) in [5.74, 6) is 0. The van der Waals surface area contributed by atoms with Crippen LogP contribution in [0.2, 0.25) is 0 Å². The third-order valence-electron chi connectivity index (χ3n) is 1.69. The maximum Gasteiger partial charge on any atom is 0.0260 e. The first kappa shape index (κ1) is 9.89. The molecule has 0 spiro atoms. The molecule has 1 aliphatic heterocycles. The lowest BCUT2D eigenvalue weighted by molar-refractivity contribution is 0.305. The Kier molecular flexibility index (Phi) is 4.50. The topological polar surface area (TPSA) is 27.3 Å². The van der Waals surface area contributed by atoms with Crippen LogP contribution in [0.15, 0.2) is 11.1 Å². The van der Waals surface area contributed by atoms with Crippen molar-refractivity contribution >= 4 is 11.9 Å². The van der Waals surface area contributed by atoms with E-state index in [9.17, 15) is 0 Å². The zero-order valence-electron chi connectivity index (χ0n) is 7.76. The number of hydrogen-bond acceptors (Lipinski definition) is 4. The normalized spacial score (nSPS) is 17.7. The highest BCUT2D eigenvalue weighted by molar-refractivity contribution is 8.00. The Balaban J connectivity index is 2.06. The molecule has 1 heterocycles. The standard InChI is InChI=1S/C8H17N3S/c1-3-5-6-9-11-10-7-8(4-2)12-11/h7,9-10H,3-6H2,1-2H3. The summed E-state index contributed by atoms with van der Waals surface area (Å²) in [7, 11) is 0. The quantitative estimate of drug-likeness (QED) is 0.508. The van der Waals surface area contributed by atoms with E-state index in [2.05, 4.69) is 24.7 Å². The Hall–Kier alpha value is -0.190. The third-order valence-corrected chi connectivity index (χ3v) is 2.74. The molecule has 1 aliphatic rings. The van der Waals surface area contributed by atoms with Crippen molar-refractivity contribution in [3.63, 3.8) is 0 Å². The first-order valence-corrected chi connectivity index (χ1v) is 5.31. The summed E-state index contributed by atoms with van der Waals surface area (Å²) < 4.78 is 1.97. The van der Waals surface area contributed by atoms with Crippen LogP contribution < -0.4 is 10.9 Å². The van der Waals surface area contributed by atoms with Crippen LogP contribution in [-0.2, 0) is 0 Å². The molecular formula is C8H17N3S. The summed E-state index contributed by atoms with van der Waals surface area (Å²) in [6.45, 7) is 5.40. The fourth-order valence-electron chi connectivity index (χ4n) is 0.902. The lowest BCUT2D eigenvalue weighted by Gasteiger charge is -2.15. The number of nitrogens with one attached hydrogen (secondary N) is 2. The van der Waals surface area contributed by atoms with Crippen LogP contribution in [0.4, 0.5) is 0 Å². The molecule has 2 N–H and O–H groups in total. The molecule has 70 valence electrons. The van der Waals surface area contributed by atoms with Crippen LogP contribution >= 0.6 is 11.9 Å². The molecule has 0 fully saturated rings. The fraction of sp³-hybridized carbons (Fsp3) is 0.750. The zero-order valence-corrected chi connectivity index (χ0v) is 8.58. The van der Waals surface area contributed by atoms with Crippen LogP contribution in [-0.4, -0.2) is 11.1 Å². The highest BCUT2D eigenvalue weighted by Gasteiger charge is 2.11. The van der Waals surface area contributed by atoms with Gasteiger partial charge in [0, 0.05) is 17.6 Å². The van der Waals surface area contributed by atoms with Crippen molar-refractivity contribution in [1.82, 2.24) is 15.4 Å². The summed E-state index contributed by atoms with van der Waals surface area (Å²) in [6, 6.07) is 0. The van der Waals surface area contributed by atoms with Gasteiger partial charge >= 0.3 is 0 Å². The Morgan fingerprint density at radius 3 is 3.00 bits per heavy atom. The highest BCUT2D eigenvalue weighted by Crippen LogP contribution is 2.24. The predicted octanol–water partition coefficient (Wildman–Crippen LogP) is 2.01. The summed E-state index contributed by atoms with van der Waals surface area (Å²) in [5.41, 5.74) is 6.42. The van der Waals surface area contributed by atoms with E-state index in [4.69, 9.17) is 0 Å². The number of rotatable bonds is 5. The Morgan fingerprint density at radius 2 is 2.42 bits per heavy atom. The van der Waals surface area contributed by atoms with E-state index < -0.39 is 0 Å². The van der Waals surface area contributed by atoms with Crippen molar-refractivity contribution in [2.24, 2.45) is 0 Å². The van der Waals surface area contributed by atoms with Crippen LogP contribution in [0.25, 0.3) is 0 Å². The van der Waals surface area contributed by atoms with Gasteiger partial charge in [-0.25, -0.2) is 5.43 Å². The molecule has 0 atom stereocenters. The van der Waals surface area contributed by atoms with E-state index in [1.807, 2.05) is 10.7 Å². The number of unbranched alkanes of at least 4 members (excludes halogenated alkanes) is 1. The maximum atomic E-state index is 3.28. The van der Waals surface area contributed by atoms with Gasteiger partial charge in [0.25, 0.3) is 0 Å². The first-order valence-electron chi connectivity index (χ1n) is 4.53. The van der Waals surface area contributed by atoms with Gasteiger partial charge < -0.3 is 5.43 Å². The van der Waals surface area contributed by atoms with Crippen molar-refractivity contribution in [2.45, 2.75) is 33.1 Å². The molecule has 0 aliphatic carbocycles.